The van der Waals surface area contributed by atoms with Crippen LogP contribution in [-0.4, -0.2) is 39.7 Å². The van der Waals surface area contributed by atoms with Crippen molar-refractivity contribution >= 4 is 34.2 Å². The van der Waals surface area contributed by atoms with Crippen LogP contribution in [-0.2, 0) is 11.3 Å². The molecule has 8 nitrogen and oxygen atoms in total. The number of carbonyl (C=O) groups is 2. The third kappa shape index (κ3) is 5.09. The van der Waals surface area contributed by atoms with E-state index in [2.05, 4.69) is 15.7 Å². The number of hydrogen-bond donors (Lipinski definition) is 2. The normalized spacial score (nSPS) is 14.1. The van der Waals surface area contributed by atoms with Crippen LogP contribution in [0.5, 0.6) is 0 Å². The summed E-state index contributed by atoms with van der Waals surface area (Å²) < 4.78 is 1.50. The van der Waals surface area contributed by atoms with E-state index in [4.69, 9.17) is 0 Å². The average molecular weight is 419 g/mol. The van der Waals surface area contributed by atoms with E-state index >= 15 is 0 Å². The molecule has 0 unspecified atom stereocenters. The molecule has 2 aromatic carbocycles. The molecule has 0 spiro atoms. The summed E-state index contributed by atoms with van der Waals surface area (Å²) in [5.41, 5.74) is 1.73. The second-order valence-electron chi connectivity index (χ2n) is 7.64. The number of fused-ring (bicyclic) bond motifs is 1. The summed E-state index contributed by atoms with van der Waals surface area (Å²) in [4.78, 5) is 38.7. The van der Waals surface area contributed by atoms with Crippen LogP contribution in [0.3, 0.4) is 0 Å². The Kier molecular flexibility index (Phi) is 6.26. The van der Waals surface area contributed by atoms with Gasteiger partial charge in [0.05, 0.1) is 11.7 Å². The van der Waals surface area contributed by atoms with Crippen molar-refractivity contribution in [1.29, 1.82) is 0 Å². The molecule has 0 atom stereocenters. The Morgan fingerprint density at radius 3 is 2.23 bits per heavy atom. The number of nitrogens with one attached hydrogen (secondary N) is 2. The summed E-state index contributed by atoms with van der Waals surface area (Å²) in [7, 11) is 0. The van der Waals surface area contributed by atoms with Crippen molar-refractivity contribution in [3.63, 3.8) is 0 Å². The topological polar surface area (TPSA) is 96.3 Å². The lowest BCUT2D eigenvalue weighted by molar-refractivity contribution is -0.116. The van der Waals surface area contributed by atoms with Crippen LogP contribution >= 0.6 is 0 Å². The first kappa shape index (κ1) is 20.6. The van der Waals surface area contributed by atoms with E-state index in [-0.39, 0.29) is 23.9 Å². The first-order valence-electron chi connectivity index (χ1n) is 10.5. The number of amides is 3. The third-order valence-electron chi connectivity index (χ3n) is 5.37. The fourth-order valence-corrected chi connectivity index (χ4v) is 3.74. The molecule has 0 bridgehead atoms. The number of likely N-dealkylation sites (tertiary alicyclic amines) is 1. The van der Waals surface area contributed by atoms with Crippen LogP contribution in [0.2, 0.25) is 0 Å². The maximum absolute atomic E-state index is 12.5. The minimum Gasteiger partial charge on any atom is -0.325 e. The molecule has 0 aliphatic carbocycles. The van der Waals surface area contributed by atoms with Crippen molar-refractivity contribution in [3.05, 3.63) is 65.0 Å². The Morgan fingerprint density at radius 2 is 1.52 bits per heavy atom. The zero-order valence-corrected chi connectivity index (χ0v) is 17.2. The van der Waals surface area contributed by atoms with Gasteiger partial charge in [-0.15, -0.1) is 0 Å². The monoisotopic (exact) mass is 419 g/mol. The summed E-state index contributed by atoms with van der Waals surface area (Å²) in [6, 6.07) is 14.0. The van der Waals surface area contributed by atoms with E-state index in [9.17, 15) is 14.4 Å². The fourth-order valence-electron chi connectivity index (χ4n) is 3.74. The number of nitrogens with zero attached hydrogens (tertiary/aromatic N) is 3. The van der Waals surface area contributed by atoms with Crippen LogP contribution in [0.1, 0.15) is 25.7 Å². The van der Waals surface area contributed by atoms with Crippen LogP contribution in [0.25, 0.3) is 10.9 Å². The van der Waals surface area contributed by atoms with Crippen molar-refractivity contribution in [2.45, 2.75) is 32.2 Å². The van der Waals surface area contributed by atoms with Gasteiger partial charge in [0.2, 0.25) is 11.3 Å². The Bertz CT molecular complexity index is 1130. The van der Waals surface area contributed by atoms with Crippen molar-refractivity contribution in [2.24, 2.45) is 0 Å². The summed E-state index contributed by atoms with van der Waals surface area (Å²) in [5, 5.41) is 10.3. The van der Waals surface area contributed by atoms with E-state index in [0.29, 0.717) is 22.3 Å². The molecule has 31 heavy (non-hydrogen) atoms. The summed E-state index contributed by atoms with van der Waals surface area (Å²) in [6.07, 6.45) is 5.64. The molecule has 160 valence electrons. The molecule has 3 aromatic rings. The average Bonchev–Trinajstić information content (AvgIpc) is 3.07. The predicted molar refractivity (Wildman–Crippen MR) is 120 cm³/mol. The van der Waals surface area contributed by atoms with Crippen molar-refractivity contribution < 1.29 is 9.59 Å². The highest BCUT2D eigenvalue weighted by atomic mass is 16.2. The molecule has 2 N–H and O–H groups in total. The van der Waals surface area contributed by atoms with Gasteiger partial charge in [-0.25, -0.2) is 4.79 Å². The highest BCUT2D eigenvalue weighted by Gasteiger charge is 2.15. The van der Waals surface area contributed by atoms with Crippen LogP contribution < -0.4 is 16.1 Å². The summed E-state index contributed by atoms with van der Waals surface area (Å²) >= 11 is 0. The molecule has 8 heteroatoms. The van der Waals surface area contributed by atoms with E-state index < -0.39 is 0 Å². The Hall–Kier alpha value is -3.68. The first-order chi connectivity index (χ1) is 15.1. The van der Waals surface area contributed by atoms with Gasteiger partial charge in [-0.05, 0) is 49.2 Å². The number of urea groups is 1. The van der Waals surface area contributed by atoms with Gasteiger partial charge in [-0.1, -0.05) is 25.0 Å². The van der Waals surface area contributed by atoms with E-state index in [0.717, 1.165) is 25.9 Å². The quantitative estimate of drug-likeness (QED) is 0.677. The minimum absolute atomic E-state index is 0.0196. The molecule has 1 fully saturated rings. The Balaban J connectivity index is 1.37. The standard InChI is InChI=1S/C23H25N5O3/c29-21-15-24-28(20-8-4-3-7-19(20)21)16-22(30)25-17-9-11-18(12-10-17)26-23(31)27-13-5-1-2-6-14-27/h3-4,7-12,15H,1-2,5-6,13-14,16H2,(H,25,30)(H,26,31). The fraction of sp³-hybridized carbons (Fsp3) is 0.304. The van der Waals surface area contributed by atoms with Crippen LogP contribution in [0, 0.1) is 0 Å². The maximum atomic E-state index is 12.5. The van der Waals surface area contributed by atoms with E-state index in [1.165, 1.54) is 23.7 Å². The predicted octanol–water partition coefficient (Wildman–Crippen LogP) is 3.44. The highest BCUT2D eigenvalue weighted by Crippen LogP contribution is 2.16. The van der Waals surface area contributed by atoms with Gasteiger partial charge in [0.1, 0.15) is 6.54 Å². The number of para-hydroxylation sites is 1. The summed E-state index contributed by atoms with van der Waals surface area (Å²) in [6.45, 7) is 1.55. The second kappa shape index (κ2) is 9.42. The van der Waals surface area contributed by atoms with E-state index in [1.807, 2.05) is 4.90 Å². The van der Waals surface area contributed by atoms with Gasteiger partial charge in [0.25, 0.3) is 0 Å². The molecule has 1 aromatic heterocycles. The van der Waals surface area contributed by atoms with Gasteiger partial charge in [0.15, 0.2) is 0 Å². The number of carbonyl (C=O) groups excluding carboxylic acids is 2. The van der Waals surface area contributed by atoms with Crippen molar-refractivity contribution in [3.8, 4) is 0 Å². The number of aromatic nitrogens is 2. The lowest BCUT2D eigenvalue weighted by atomic mass is 10.2. The largest absolute Gasteiger partial charge is 0.325 e. The molecule has 2 heterocycles. The lowest BCUT2D eigenvalue weighted by Gasteiger charge is -2.20. The maximum Gasteiger partial charge on any atom is 0.321 e. The van der Waals surface area contributed by atoms with Gasteiger partial charge < -0.3 is 15.5 Å². The smallest absolute Gasteiger partial charge is 0.321 e. The molecule has 4 rings (SSSR count). The van der Waals surface area contributed by atoms with Gasteiger partial charge >= 0.3 is 6.03 Å². The van der Waals surface area contributed by atoms with Crippen molar-refractivity contribution in [1.82, 2.24) is 14.7 Å². The zero-order valence-electron chi connectivity index (χ0n) is 17.2. The number of rotatable bonds is 4. The molecule has 3 amide bonds. The van der Waals surface area contributed by atoms with Crippen LogP contribution in [0.4, 0.5) is 16.2 Å². The molecule has 0 saturated carbocycles. The SMILES string of the molecule is O=C(Cn1ncc(=O)c2ccccc21)Nc1ccc(NC(=O)N2CCCCCC2)cc1. The van der Waals surface area contributed by atoms with Crippen LogP contribution in [0.15, 0.2) is 59.5 Å². The van der Waals surface area contributed by atoms with E-state index in [1.54, 1.807) is 48.5 Å². The molecule has 1 aliphatic heterocycles. The first-order valence-corrected chi connectivity index (χ1v) is 10.5. The number of benzene rings is 2. The van der Waals surface area contributed by atoms with Gasteiger partial charge in [0, 0.05) is 29.9 Å². The highest BCUT2D eigenvalue weighted by molar-refractivity contribution is 5.93. The lowest BCUT2D eigenvalue weighted by Crippen LogP contribution is -2.35. The number of hydrogen-bond acceptors (Lipinski definition) is 4. The summed E-state index contributed by atoms with van der Waals surface area (Å²) in [5.74, 6) is -0.261. The molecule has 1 aliphatic rings. The zero-order chi connectivity index (χ0) is 21.6. The number of anilines is 2. The Labute approximate surface area is 179 Å². The second-order valence-corrected chi connectivity index (χ2v) is 7.64. The molecular weight excluding hydrogens is 394 g/mol. The molecule has 0 radical (unpaired) electrons. The van der Waals surface area contributed by atoms with Gasteiger partial charge in [-0.2, -0.15) is 5.10 Å². The van der Waals surface area contributed by atoms with Gasteiger partial charge in [-0.3, -0.25) is 14.3 Å². The third-order valence-corrected chi connectivity index (χ3v) is 5.37. The minimum atomic E-state index is -0.261. The Morgan fingerprint density at radius 1 is 0.871 bits per heavy atom. The molecule has 1 saturated heterocycles. The molecular formula is C23H25N5O3. The van der Waals surface area contributed by atoms with Crippen molar-refractivity contribution in [2.75, 3.05) is 23.7 Å².